The molecule has 0 radical (unpaired) electrons. The van der Waals surface area contributed by atoms with Crippen LogP contribution in [0, 0.1) is 6.92 Å². The molecule has 1 aliphatic heterocycles. The Morgan fingerprint density at radius 3 is 2.57 bits per heavy atom. The fourth-order valence-electron chi connectivity index (χ4n) is 4.32. The van der Waals surface area contributed by atoms with Crippen LogP contribution in [0.5, 0.6) is 0 Å². The van der Waals surface area contributed by atoms with Crippen molar-refractivity contribution in [2.45, 2.75) is 32.4 Å². The van der Waals surface area contributed by atoms with Gasteiger partial charge in [0.25, 0.3) is 5.91 Å². The lowest BCUT2D eigenvalue weighted by atomic mass is 9.92. The van der Waals surface area contributed by atoms with Gasteiger partial charge < -0.3 is 15.5 Å². The van der Waals surface area contributed by atoms with Crippen LogP contribution in [0.1, 0.15) is 46.3 Å². The normalized spacial score (nSPS) is 15.7. The van der Waals surface area contributed by atoms with Crippen molar-refractivity contribution in [1.29, 1.82) is 0 Å². The van der Waals surface area contributed by atoms with E-state index in [2.05, 4.69) is 20.5 Å². The number of carbonyl (C=O) groups excluding carboxylic acids is 2. The Bertz CT molecular complexity index is 1260. The topological polar surface area (TPSA) is 74.3 Å². The van der Waals surface area contributed by atoms with E-state index in [4.69, 9.17) is 0 Å². The average Bonchev–Trinajstić information content (AvgIpc) is 3.29. The molecule has 1 fully saturated rings. The van der Waals surface area contributed by atoms with Gasteiger partial charge in [-0.2, -0.15) is 13.2 Å². The van der Waals surface area contributed by atoms with Gasteiger partial charge in [-0.3, -0.25) is 14.6 Å². The number of aromatic nitrogens is 1. The van der Waals surface area contributed by atoms with Crippen molar-refractivity contribution in [2.75, 3.05) is 28.6 Å². The van der Waals surface area contributed by atoms with Crippen LogP contribution in [-0.2, 0) is 11.0 Å². The lowest BCUT2D eigenvalue weighted by molar-refractivity contribution is -0.137. The third kappa shape index (κ3) is 5.79. The average molecular weight is 483 g/mol. The van der Waals surface area contributed by atoms with Crippen molar-refractivity contribution in [1.82, 2.24) is 4.98 Å². The molecule has 1 atom stereocenters. The number of alkyl halides is 3. The number of amides is 2. The minimum Gasteiger partial charge on any atom is -0.370 e. The van der Waals surface area contributed by atoms with Gasteiger partial charge in [0, 0.05) is 37.2 Å². The lowest BCUT2D eigenvalue weighted by Crippen LogP contribution is -2.20. The first-order valence-electron chi connectivity index (χ1n) is 11.2. The maximum absolute atomic E-state index is 13.0. The van der Waals surface area contributed by atoms with E-state index in [0.29, 0.717) is 17.8 Å². The van der Waals surface area contributed by atoms with Gasteiger partial charge in [0.2, 0.25) is 5.91 Å². The minimum atomic E-state index is -4.48. The van der Waals surface area contributed by atoms with E-state index >= 15 is 0 Å². The van der Waals surface area contributed by atoms with E-state index in [9.17, 15) is 22.8 Å². The number of hydrogen-bond donors (Lipinski definition) is 2. The predicted octanol–water partition coefficient (Wildman–Crippen LogP) is 5.61. The van der Waals surface area contributed by atoms with E-state index in [-0.39, 0.29) is 17.5 Å². The Balaban J connectivity index is 1.49. The molecule has 1 aromatic heterocycles. The first kappa shape index (κ1) is 24.3. The summed E-state index contributed by atoms with van der Waals surface area (Å²) in [7, 11) is 0. The van der Waals surface area contributed by atoms with Gasteiger partial charge in [-0.15, -0.1) is 0 Å². The van der Waals surface area contributed by atoms with Gasteiger partial charge in [0.1, 0.15) is 0 Å². The van der Waals surface area contributed by atoms with Crippen LogP contribution < -0.4 is 15.5 Å². The quantitative estimate of drug-likeness (QED) is 0.496. The third-order valence-corrected chi connectivity index (χ3v) is 6.03. The van der Waals surface area contributed by atoms with E-state index in [1.54, 1.807) is 18.5 Å². The fourth-order valence-corrected chi connectivity index (χ4v) is 4.32. The molecule has 0 saturated carbocycles. The maximum Gasteiger partial charge on any atom is 0.416 e. The van der Waals surface area contributed by atoms with Crippen molar-refractivity contribution >= 4 is 28.9 Å². The molecule has 2 heterocycles. The summed E-state index contributed by atoms with van der Waals surface area (Å²) in [4.78, 5) is 30.6. The highest BCUT2D eigenvalue weighted by Gasteiger charge is 2.30. The zero-order valence-electron chi connectivity index (χ0n) is 19.3. The molecule has 2 amide bonds. The Kier molecular flexibility index (Phi) is 6.77. The van der Waals surface area contributed by atoms with Crippen LogP contribution in [0.25, 0.3) is 0 Å². The molecule has 9 heteroatoms. The predicted molar refractivity (Wildman–Crippen MR) is 129 cm³/mol. The van der Waals surface area contributed by atoms with Gasteiger partial charge in [-0.25, -0.2) is 0 Å². The zero-order chi connectivity index (χ0) is 25.2. The number of nitrogens with one attached hydrogen (secondary N) is 2. The number of aryl methyl sites for hydroxylation is 1. The summed E-state index contributed by atoms with van der Waals surface area (Å²) >= 11 is 0. The summed E-state index contributed by atoms with van der Waals surface area (Å²) in [6, 6.07) is 11.8. The van der Waals surface area contributed by atoms with Gasteiger partial charge in [-0.05, 0) is 60.9 Å². The fraction of sp³-hybridized carbons (Fsp3) is 0.269. The van der Waals surface area contributed by atoms with Crippen LogP contribution in [-0.4, -0.2) is 29.9 Å². The van der Waals surface area contributed by atoms with Crippen molar-refractivity contribution in [2.24, 2.45) is 0 Å². The smallest absolute Gasteiger partial charge is 0.370 e. The molecule has 0 aliphatic carbocycles. The standard InChI is InChI=1S/C26H25F3N4O2/c1-16-6-7-18(25(35)32-21-5-3-4-20(11-21)26(27,28)29)10-24(16)19-8-9-33(15-19)23-12-22(13-30-14-23)31-17(2)34/h3-7,10-14,19H,8-9,15H2,1-2H3,(H,31,34)(H,32,35)/t19-/m1/s1. The number of hydrogen-bond acceptors (Lipinski definition) is 4. The number of benzene rings is 2. The van der Waals surface area contributed by atoms with E-state index in [0.717, 1.165) is 41.9 Å². The molecule has 3 aromatic rings. The van der Waals surface area contributed by atoms with E-state index < -0.39 is 17.6 Å². The molecule has 35 heavy (non-hydrogen) atoms. The molecule has 0 bridgehead atoms. The molecule has 4 rings (SSSR count). The molecule has 1 aliphatic rings. The first-order valence-corrected chi connectivity index (χ1v) is 11.2. The molecule has 6 nitrogen and oxygen atoms in total. The van der Waals surface area contributed by atoms with Crippen molar-refractivity contribution in [3.63, 3.8) is 0 Å². The van der Waals surface area contributed by atoms with Crippen molar-refractivity contribution in [3.05, 3.63) is 83.2 Å². The van der Waals surface area contributed by atoms with Crippen LogP contribution in [0.2, 0.25) is 0 Å². The summed E-state index contributed by atoms with van der Waals surface area (Å²) in [5.41, 5.74) is 3.25. The van der Waals surface area contributed by atoms with E-state index in [1.165, 1.54) is 19.1 Å². The van der Waals surface area contributed by atoms with Crippen LogP contribution in [0.15, 0.2) is 60.9 Å². The number of rotatable bonds is 5. The SMILES string of the molecule is CC(=O)Nc1cncc(N2CC[C@@H](c3cc(C(=O)Nc4cccc(C(F)(F)F)c4)ccc3C)C2)c1. The number of pyridine rings is 1. The van der Waals surface area contributed by atoms with Gasteiger partial charge >= 0.3 is 6.18 Å². The van der Waals surface area contributed by atoms with Crippen molar-refractivity contribution in [3.8, 4) is 0 Å². The Labute approximate surface area is 201 Å². The second-order valence-corrected chi connectivity index (χ2v) is 8.65. The van der Waals surface area contributed by atoms with Crippen molar-refractivity contribution < 1.29 is 22.8 Å². The molecular formula is C26H25F3N4O2. The van der Waals surface area contributed by atoms with Gasteiger partial charge in [-0.1, -0.05) is 12.1 Å². The number of nitrogens with zero attached hydrogens (tertiary/aromatic N) is 2. The monoisotopic (exact) mass is 482 g/mol. The second-order valence-electron chi connectivity index (χ2n) is 8.65. The highest BCUT2D eigenvalue weighted by Crippen LogP contribution is 2.34. The molecular weight excluding hydrogens is 457 g/mol. The van der Waals surface area contributed by atoms with E-state index in [1.807, 2.05) is 25.1 Å². The summed E-state index contributed by atoms with van der Waals surface area (Å²) in [6.45, 7) is 4.92. The summed E-state index contributed by atoms with van der Waals surface area (Å²) < 4.78 is 39.0. The van der Waals surface area contributed by atoms with Crippen LogP contribution in [0.3, 0.4) is 0 Å². The molecule has 182 valence electrons. The van der Waals surface area contributed by atoms with Crippen LogP contribution in [0.4, 0.5) is 30.2 Å². The number of halogens is 3. The molecule has 0 unspecified atom stereocenters. The molecule has 2 N–H and O–H groups in total. The molecule has 2 aromatic carbocycles. The summed E-state index contributed by atoms with van der Waals surface area (Å²) in [5.74, 6) is -0.465. The maximum atomic E-state index is 13.0. The second kappa shape index (κ2) is 9.77. The summed E-state index contributed by atoms with van der Waals surface area (Å²) in [6.07, 6.45) is -0.276. The van der Waals surface area contributed by atoms with Gasteiger partial charge in [0.15, 0.2) is 0 Å². The van der Waals surface area contributed by atoms with Gasteiger partial charge in [0.05, 0.1) is 29.3 Å². The Morgan fingerprint density at radius 1 is 1.03 bits per heavy atom. The van der Waals surface area contributed by atoms with Crippen LogP contribution >= 0.6 is 0 Å². The first-order chi connectivity index (χ1) is 16.6. The number of anilines is 3. The number of carbonyl (C=O) groups is 2. The molecule has 0 spiro atoms. The highest BCUT2D eigenvalue weighted by atomic mass is 19.4. The minimum absolute atomic E-state index is 0.0885. The highest BCUT2D eigenvalue weighted by molar-refractivity contribution is 6.04. The molecule has 1 saturated heterocycles. The zero-order valence-corrected chi connectivity index (χ0v) is 19.3. The third-order valence-electron chi connectivity index (χ3n) is 6.03. The Hall–Kier alpha value is -3.88. The summed E-state index contributed by atoms with van der Waals surface area (Å²) in [5, 5.41) is 5.31. The Morgan fingerprint density at radius 2 is 1.83 bits per heavy atom. The largest absolute Gasteiger partial charge is 0.416 e. The lowest BCUT2D eigenvalue weighted by Gasteiger charge is -2.20.